The Labute approximate surface area is 83.7 Å². The zero-order valence-corrected chi connectivity index (χ0v) is 8.68. The number of ether oxygens (including phenoxy) is 1. The van der Waals surface area contributed by atoms with E-state index in [0.717, 1.165) is 6.61 Å². The fourth-order valence-electron chi connectivity index (χ4n) is 1.07. The molecule has 0 bridgehead atoms. The third-order valence-corrected chi connectivity index (χ3v) is 1.74. The van der Waals surface area contributed by atoms with E-state index in [2.05, 4.69) is 23.9 Å². The van der Waals surface area contributed by atoms with Crippen LogP contribution in [-0.2, 0) is 17.9 Å². The maximum atomic E-state index is 8.89. The third kappa shape index (κ3) is 3.43. The van der Waals surface area contributed by atoms with Crippen molar-refractivity contribution in [1.82, 2.24) is 14.8 Å². The minimum Gasteiger partial charge on any atom is -0.388 e. The van der Waals surface area contributed by atoms with Crippen molar-refractivity contribution in [3.63, 3.8) is 0 Å². The molecule has 0 unspecified atom stereocenters. The van der Waals surface area contributed by atoms with E-state index in [-0.39, 0.29) is 6.61 Å². The van der Waals surface area contributed by atoms with E-state index in [4.69, 9.17) is 9.84 Å². The van der Waals surface area contributed by atoms with Crippen molar-refractivity contribution in [2.24, 2.45) is 5.92 Å². The number of hydrogen-bond acceptors (Lipinski definition) is 4. The summed E-state index contributed by atoms with van der Waals surface area (Å²) < 4.78 is 7.05. The van der Waals surface area contributed by atoms with Crippen molar-refractivity contribution in [3.8, 4) is 0 Å². The van der Waals surface area contributed by atoms with Crippen molar-refractivity contribution >= 4 is 0 Å². The topological polar surface area (TPSA) is 60.2 Å². The second-order valence-corrected chi connectivity index (χ2v) is 3.53. The first-order valence-corrected chi connectivity index (χ1v) is 4.79. The molecule has 0 aliphatic carbocycles. The molecule has 80 valence electrons. The predicted octanol–water partition coefficient (Wildman–Crippen LogP) is 0.443. The molecule has 1 aromatic rings. The van der Waals surface area contributed by atoms with Gasteiger partial charge in [-0.1, -0.05) is 13.8 Å². The fourth-order valence-corrected chi connectivity index (χ4v) is 1.07. The molecular formula is C9H17N3O2. The van der Waals surface area contributed by atoms with Gasteiger partial charge in [-0.2, -0.15) is 5.10 Å². The molecule has 1 aromatic heterocycles. The summed E-state index contributed by atoms with van der Waals surface area (Å²) >= 11 is 0. The van der Waals surface area contributed by atoms with Gasteiger partial charge in [0.05, 0.1) is 13.2 Å². The number of nitrogens with zero attached hydrogens (tertiary/aromatic N) is 3. The van der Waals surface area contributed by atoms with Gasteiger partial charge in [0, 0.05) is 6.61 Å². The lowest BCUT2D eigenvalue weighted by atomic mass is 10.2. The summed E-state index contributed by atoms with van der Waals surface area (Å²) in [6.45, 7) is 6.13. The van der Waals surface area contributed by atoms with Crippen LogP contribution in [-0.4, -0.2) is 33.1 Å². The molecule has 5 nitrogen and oxygen atoms in total. The van der Waals surface area contributed by atoms with Gasteiger partial charge in [0.1, 0.15) is 12.9 Å². The Bertz CT molecular complexity index is 260. The summed E-state index contributed by atoms with van der Waals surface area (Å²) in [5.74, 6) is 1.13. The van der Waals surface area contributed by atoms with Crippen molar-refractivity contribution in [3.05, 3.63) is 12.2 Å². The summed E-state index contributed by atoms with van der Waals surface area (Å²) in [7, 11) is 0. The third-order valence-electron chi connectivity index (χ3n) is 1.74. The predicted molar refractivity (Wildman–Crippen MR) is 51.6 cm³/mol. The smallest absolute Gasteiger partial charge is 0.152 e. The summed E-state index contributed by atoms with van der Waals surface area (Å²) in [6, 6.07) is 0. The molecule has 14 heavy (non-hydrogen) atoms. The van der Waals surface area contributed by atoms with Gasteiger partial charge in [-0.25, -0.2) is 9.67 Å². The molecule has 0 spiro atoms. The van der Waals surface area contributed by atoms with E-state index in [1.54, 1.807) is 4.68 Å². The van der Waals surface area contributed by atoms with Gasteiger partial charge in [-0.15, -0.1) is 0 Å². The summed E-state index contributed by atoms with van der Waals surface area (Å²) in [5, 5.41) is 12.9. The Morgan fingerprint density at radius 3 is 3.00 bits per heavy atom. The number of aromatic nitrogens is 3. The quantitative estimate of drug-likeness (QED) is 0.675. The highest BCUT2D eigenvalue weighted by Crippen LogP contribution is 1.95. The van der Waals surface area contributed by atoms with E-state index in [1.807, 2.05) is 0 Å². The fraction of sp³-hybridized carbons (Fsp3) is 0.778. The van der Waals surface area contributed by atoms with E-state index in [1.165, 1.54) is 6.33 Å². The first-order chi connectivity index (χ1) is 6.74. The second-order valence-electron chi connectivity index (χ2n) is 3.53. The summed E-state index contributed by atoms with van der Waals surface area (Å²) in [5.41, 5.74) is 0. The molecule has 0 amide bonds. The Balaban J connectivity index is 2.24. The number of aliphatic hydroxyl groups excluding tert-OH is 1. The lowest BCUT2D eigenvalue weighted by Gasteiger charge is -2.07. The molecule has 0 aliphatic heterocycles. The average molecular weight is 199 g/mol. The Kier molecular flexibility index (Phi) is 4.55. The highest BCUT2D eigenvalue weighted by atomic mass is 16.5. The largest absolute Gasteiger partial charge is 0.388 e. The normalized spacial score (nSPS) is 11.1. The molecule has 0 fully saturated rings. The monoisotopic (exact) mass is 199 g/mol. The van der Waals surface area contributed by atoms with E-state index < -0.39 is 0 Å². The Morgan fingerprint density at radius 2 is 2.36 bits per heavy atom. The van der Waals surface area contributed by atoms with Crippen molar-refractivity contribution in [1.29, 1.82) is 0 Å². The van der Waals surface area contributed by atoms with Crippen LogP contribution in [0.25, 0.3) is 0 Å². The summed E-state index contributed by atoms with van der Waals surface area (Å²) in [4.78, 5) is 3.89. The van der Waals surface area contributed by atoms with Crippen LogP contribution >= 0.6 is 0 Å². The van der Waals surface area contributed by atoms with Crippen LogP contribution in [0, 0.1) is 5.92 Å². The van der Waals surface area contributed by atoms with Gasteiger partial charge in [-0.3, -0.25) is 0 Å². The van der Waals surface area contributed by atoms with Crippen molar-refractivity contribution in [2.45, 2.75) is 27.0 Å². The zero-order valence-electron chi connectivity index (χ0n) is 8.68. The van der Waals surface area contributed by atoms with Crippen LogP contribution in [0.3, 0.4) is 0 Å². The second kappa shape index (κ2) is 5.72. The van der Waals surface area contributed by atoms with Gasteiger partial charge in [0.2, 0.25) is 0 Å². The van der Waals surface area contributed by atoms with E-state index >= 15 is 0 Å². The minimum atomic E-state index is -0.0792. The standard InChI is InChI=1S/C9H17N3O2/c1-8(2)6-14-4-3-12-9(5-13)10-7-11-12/h7-8,13H,3-6H2,1-2H3. The Hall–Kier alpha value is -0.940. The number of hydrogen-bond donors (Lipinski definition) is 1. The first-order valence-electron chi connectivity index (χ1n) is 4.79. The molecule has 0 aliphatic rings. The molecule has 0 atom stereocenters. The molecule has 1 rings (SSSR count). The number of rotatable bonds is 6. The van der Waals surface area contributed by atoms with E-state index in [9.17, 15) is 0 Å². The Morgan fingerprint density at radius 1 is 1.57 bits per heavy atom. The van der Waals surface area contributed by atoms with Crippen LogP contribution in [0.5, 0.6) is 0 Å². The van der Waals surface area contributed by atoms with Gasteiger partial charge in [-0.05, 0) is 5.92 Å². The summed E-state index contributed by atoms with van der Waals surface area (Å²) in [6.07, 6.45) is 1.44. The molecule has 0 saturated carbocycles. The minimum absolute atomic E-state index is 0.0792. The molecule has 0 saturated heterocycles. The average Bonchev–Trinajstić information content (AvgIpc) is 2.59. The van der Waals surface area contributed by atoms with Crippen LogP contribution < -0.4 is 0 Å². The van der Waals surface area contributed by atoms with Crippen LogP contribution in [0.15, 0.2) is 6.33 Å². The maximum Gasteiger partial charge on any atom is 0.152 e. The van der Waals surface area contributed by atoms with Gasteiger partial charge in [0.15, 0.2) is 5.82 Å². The molecule has 1 N–H and O–H groups in total. The highest BCUT2D eigenvalue weighted by molar-refractivity contribution is 4.80. The molecule has 0 radical (unpaired) electrons. The van der Waals surface area contributed by atoms with Crippen LogP contribution in [0.1, 0.15) is 19.7 Å². The van der Waals surface area contributed by atoms with Gasteiger partial charge in [0.25, 0.3) is 0 Å². The van der Waals surface area contributed by atoms with Crippen LogP contribution in [0.4, 0.5) is 0 Å². The molecular weight excluding hydrogens is 182 g/mol. The molecule has 1 heterocycles. The van der Waals surface area contributed by atoms with E-state index in [0.29, 0.717) is 24.9 Å². The SMILES string of the molecule is CC(C)COCCn1ncnc1CO. The highest BCUT2D eigenvalue weighted by Gasteiger charge is 2.01. The molecule has 5 heteroatoms. The van der Waals surface area contributed by atoms with Gasteiger partial charge < -0.3 is 9.84 Å². The van der Waals surface area contributed by atoms with Crippen LogP contribution in [0.2, 0.25) is 0 Å². The lowest BCUT2D eigenvalue weighted by molar-refractivity contribution is 0.0992. The molecule has 0 aromatic carbocycles. The van der Waals surface area contributed by atoms with Gasteiger partial charge >= 0.3 is 0 Å². The van der Waals surface area contributed by atoms with Crippen molar-refractivity contribution in [2.75, 3.05) is 13.2 Å². The first kappa shape index (κ1) is 11.1. The zero-order chi connectivity index (χ0) is 10.4. The number of aliphatic hydroxyl groups is 1. The maximum absolute atomic E-state index is 8.89. The van der Waals surface area contributed by atoms with Crippen molar-refractivity contribution < 1.29 is 9.84 Å². The lowest BCUT2D eigenvalue weighted by Crippen LogP contribution is -2.12.